The molecule has 1 N–H and O–H groups in total. The normalized spacial score (nSPS) is 17.8. The Kier molecular flexibility index (Phi) is 7.91. The zero-order valence-corrected chi connectivity index (χ0v) is 21.9. The fraction of sp³-hybridized carbons (Fsp3) is 0.375. The molecule has 39 heavy (non-hydrogen) atoms. The third kappa shape index (κ3) is 5.44. The third-order valence-corrected chi connectivity index (χ3v) is 9.71. The molecular formula is C24H23F6N3O4S2. The van der Waals surface area contributed by atoms with Crippen LogP contribution >= 0.6 is 11.3 Å². The molecule has 0 aliphatic carbocycles. The number of thiophene rings is 1. The number of sulfonamides is 1. The number of piperazine rings is 1. The van der Waals surface area contributed by atoms with E-state index in [9.17, 15) is 39.9 Å². The molecule has 0 amide bonds. The highest BCUT2D eigenvalue weighted by atomic mass is 32.2. The minimum atomic E-state index is -6.01. The van der Waals surface area contributed by atoms with Gasteiger partial charge in [0.2, 0.25) is 5.88 Å². The lowest BCUT2D eigenvalue weighted by Crippen LogP contribution is -2.55. The summed E-state index contributed by atoms with van der Waals surface area (Å²) in [4.78, 5) is 5.85. The molecule has 1 aliphatic heterocycles. The number of rotatable bonds is 7. The predicted octanol–water partition coefficient (Wildman–Crippen LogP) is 4.59. The van der Waals surface area contributed by atoms with Crippen LogP contribution in [0, 0.1) is 0 Å². The number of aliphatic hydroxyl groups is 1. The second-order valence-corrected chi connectivity index (χ2v) is 11.9. The molecule has 1 saturated heterocycles. The Morgan fingerprint density at radius 2 is 1.69 bits per heavy atom. The molecule has 4 rings (SSSR count). The first-order valence-electron chi connectivity index (χ1n) is 11.4. The summed E-state index contributed by atoms with van der Waals surface area (Å²) in [5, 5.41) is 11.4. The van der Waals surface area contributed by atoms with Crippen LogP contribution in [-0.2, 0) is 22.0 Å². The summed E-state index contributed by atoms with van der Waals surface area (Å²) in [5.41, 5.74) is -5.54. The van der Waals surface area contributed by atoms with Gasteiger partial charge in [-0.15, -0.1) is 11.3 Å². The van der Waals surface area contributed by atoms with Crippen molar-refractivity contribution in [1.29, 1.82) is 0 Å². The standard InChI is InChI=1S/C24H23F6N3O4S2/c1-37-21-16(4-2-10-31-21)14-19-15-32(39(35,36)20-5-3-13-38-20)11-12-33(19)18-8-6-17(7-9-18)22(34,23(25,26)27)24(28,29)30/h2-10,13,19,34H,11-12,14-15H2,1H3/t19-/m1/s1. The molecule has 1 aromatic carbocycles. The number of benzene rings is 1. The monoisotopic (exact) mass is 595 g/mol. The number of pyridine rings is 1. The second-order valence-electron chi connectivity index (χ2n) is 8.77. The smallest absolute Gasteiger partial charge is 0.430 e. The van der Waals surface area contributed by atoms with Crippen molar-refractivity contribution < 1.29 is 44.6 Å². The molecule has 2 aromatic heterocycles. The number of aromatic nitrogens is 1. The van der Waals surface area contributed by atoms with Crippen LogP contribution in [0.3, 0.4) is 0 Å². The van der Waals surface area contributed by atoms with Gasteiger partial charge in [-0.2, -0.15) is 30.6 Å². The van der Waals surface area contributed by atoms with Crippen molar-refractivity contribution in [2.24, 2.45) is 0 Å². The van der Waals surface area contributed by atoms with Crippen molar-refractivity contribution in [3.8, 4) is 5.88 Å². The molecule has 0 saturated carbocycles. The number of anilines is 1. The second kappa shape index (κ2) is 10.6. The highest BCUT2D eigenvalue weighted by Gasteiger charge is 2.71. The van der Waals surface area contributed by atoms with Crippen molar-refractivity contribution in [2.45, 2.75) is 34.6 Å². The summed E-state index contributed by atoms with van der Waals surface area (Å²) in [6.07, 6.45) is -10.3. The van der Waals surface area contributed by atoms with Crippen LogP contribution in [0.4, 0.5) is 32.0 Å². The molecule has 0 bridgehead atoms. The lowest BCUT2D eigenvalue weighted by Gasteiger charge is -2.42. The van der Waals surface area contributed by atoms with Crippen molar-refractivity contribution in [2.75, 3.05) is 31.6 Å². The summed E-state index contributed by atoms with van der Waals surface area (Å²) in [5.74, 6) is 0.298. The van der Waals surface area contributed by atoms with Crippen LogP contribution in [0.25, 0.3) is 0 Å². The molecule has 0 spiro atoms. The van der Waals surface area contributed by atoms with E-state index in [0.29, 0.717) is 23.6 Å². The van der Waals surface area contributed by atoms with E-state index in [0.717, 1.165) is 23.5 Å². The summed E-state index contributed by atoms with van der Waals surface area (Å²) in [7, 11) is -2.41. The molecule has 3 aromatic rings. The highest BCUT2D eigenvalue weighted by Crippen LogP contribution is 2.50. The van der Waals surface area contributed by atoms with Crippen molar-refractivity contribution in [3.63, 3.8) is 0 Å². The number of methoxy groups -OCH3 is 1. The molecule has 7 nitrogen and oxygen atoms in total. The molecular weight excluding hydrogens is 572 g/mol. The molecule has 0 radical (unpaired) electrons. The van der Waals surface area contributed by atoms with E-state index in [4.69, 9.17) is 4.74 Å². The van der Waals surface area contributed by atoms with Crippen LogP contribution in [0.2, 0.25) is 0 Å². The number of nitrogens with zero attached hydrogens (tertiary/aromatic N) is 3. The Morgan fingerprint density at radius 1 is 1.03 bits per heavy atom. The van der Waals surface area contributed by atoms with Gasteiger partial charge in [0, 0.05) is 48.7 Å². The average Bonchev–Trinajstić information content (AvgIpc) is 3.43. The Balaban J connectivity index is 1.69. The predicted molar refractivity (Wildman–Crippen MR) is 131 cm³/mol. The van der Waals surface area contributed by atoms with Gasteiger partial charge in [-0.05, 0) is 36.1 Å². The maximum absolute atomic E-state index is 13.3. The summed E-state index contributed by atoms with van der Waals surface area (Å²) in [6, 6.07) is 9.15. The summed E-state index contributed by atoms with van der Waals surface area (Å²) in [6.45, 7) is 0.104. The fourth-order valence-electron chi connectivity index (χ4n) is 4.50. The largest absolute Gasteiger partial charge is 0.481 e. The third-order valence-electron chi connectivity index (χ3n) is 6.47. The molecule has 1 fully saturated rings. The quantitative estimate of drug-likeness (QED) is 0.403. The minimum absolute atomic E-state index is 0.0188. The lowest BCUT2D eigenvalue weighted by atomic mass is 9.92. The molecule has 3 heterocycles. The number of hydrogen-bond donors (Lipinski definition) is 1. The number of alkyl halides is 6. The topological polar surface area (TPSA) is 83.0 Å². The number of halogens is 6. The summed E-state index contributed by atoms with van der Waals surface area (Å²) >= 11 is 1.06. The van der Waals surface area contributed by atoms with Crippen LogP contribution in [0.5, 0.6) is 5.88 Å². The Morgan fingerprint density at radius 3 is 2.26 bits per heavy atom. The Bertz CT molecular complexity index is 1370. The first-order chi connectivity index (χ1) is 18.2. The van der Waals surface area contributed by atoms with E-state index in [1.165, 1.54) is 23.7 Å². The Labute approximate surface area is 224 Å². The zero-order chi connectivity index (χ0) is 28.6. The maximum Gasteiger partial charge on any atom is 0.430 e. The van der Waals surface area contributed by atoms with Gasteiger partial charge in [0.25, 0.3) is 15.6 Å². The molecule has 1 atom stereocenters. The fourth-order valence-corrected chi connectivity index (χ4v) is 7.11. The maximum atomic E-state index is 13.3. The lowest BCUT2D eigenvalue weighted by molar-refractivity contribution is -0.376. The number of hydrogen-bond acceptors (Lipinski definition) is 7. The molecule has 0 unspecified atom stereocenters. The number of ether oxygens (including phenoxy) is 1. The zero-order valence-electron chi connectivity index (χ0n) is 20.3. The van der Waals surface area contributed by atoms with E-state index < -0.39 is 39.6 Å². The van der Waals surface area contributed by atoms with Gasteiger partial charge in [0.05, 0.1) is 7.11 Å². The van der Waals surface area contributed by atoms with Crippen molar-refractivity contribution in [1.82, 2.24) is 9.29 Å². The minimum Gasteiger partial charge on any atom is -0.481 e. The molecule has 15 heteroatoms. The van der Waals surface area contributed by atoms with E-state index >= 15 is 0 Å². The van der Waals surface area contributed by atoms with E-state index in [1.54, 1.807) is 28.5 Å². The van der Waals surface area contributed by atoms with Gasteiger partial charge < -0.3 is 14.7 Å². The summed E-state index contributed by atoms with van der Waals surface area (Å²) < 4.78 is 113. The Hall–Kier alpha value is -2.88. The van der Waals surface area contributed by atoms with Crippen LogP contribution < -0.4 is 9.64 Å². The van der Waals surface area contributed by atoms with Gasteiger partial charge in [-0.3, -0.25) is 0 Å². The van der Waals surface area contributed by atoms with E-state index in [-0.39, 0.29) is 36.0 Å². The molecule has 1 aliphatic rings. The van der Waals surface area contributed by atoms with Gasteiger partial charge in [-0.25, -0.2) is 13.4 Å². The SMILES string of the molecule is COc1ncccc1C[C@@H]1CN(S(=O)(=O)c2cccs2)CCN1c1ccc(C(O)(C(F)(F)F)C(F)(F)F)cc1. The first kappa shape index (κ1) is 29.1. The van der Waals surface area contributed by atoms with Crippen LogP contribution in [0.1, 0.15) is 11.1 Å². The molecule has 212 valence electrons. The van der Waals surface area contributed by atoms with Gasteiger partial charge in [0.1, 0.15) is 4.21 Å². The van der Waals surface area contributed by atoms with Gasteiger partial charge in [0.15, 0.2) is 0 Å². The van der Waals surface area contributed by atoms with E-state index in [2.05, 4.69) is 4.98 Å². The van der Waals surface area contributed by atoms with Gasteiger partial charge in [-0.1, -0.05) is 24.3 Å². The highest BCUT2D eigenvalue weighted by molar-refractivity contribution is 7.91. The van der Waals surface area contributed by atoms with E-state index in [1.807, 2.05) is 0 Å². The van der Waals surface area contributed by atoms with Crippen molar-refractivity contribution >= 4 is 27.0 Å². The van der Waals surface area contributed by atoms with Crippen LogP contribution in [-0.4, -0.2) is 68.0 Å². The van der Waals surface area contributed by atoms with Crippen LogP contribution in [0.15, 0.2) is 64.3 Å². The first-order valence-corrected chi connectivity index (χ1v) is 13.8. The van der Waals surface area contributed by atoms with Crippen molar-refractivity contribution in [3.05, 3.63) is 71.2 Å². The average molecular weight is 596 g/mol. The van der Waals surface area contributed by atoms with Gasteiger partial charge >= 0.3 is 12.4 Å².